The SMILES string of the molecule is C=C(C)C(=O)OCC(C)CCCCCCC(C)COC(=O)C(=C)C. The molecule has 2 unspecified atom stereocenters. The van der Waals surface area contributed by atoms with Crippen LogP contribution in [0.4, 0.5) is 0 Å². The van der Waals surface area contributed by atoms with E-state index < -0.39 is 0 Å². The quantitative estimate of drug-likeness (QED) is 0.274. The van der Waals surface area contributed by atoms with Crippen molar-refractivity contribution >= 4 is 11.9 Å². The van der Waals surface area contributed by atoms with Crippen LogP contribution in [0.1, 0.15) is 66.2 Å². The predicted octanol–water partition coefficient (Wildman–Crippen LogP) is 4.84. The summed E-state index contributed by atoms with van der Waals surface area (Å²) in [5, 5.41) is 0. The Morgan fingerprint density at radius 2 is 1.08 bits per heavy atom. The lowest BCUT2D eigenvalue weighted by Gasteiger charge is -2.13. The maximum Gasteiger partial charge on any atom is 0.333 e. The highest BCUT2D eigenvalue weighted by Gasteiger charge is 2.09. The molecule has 0 spiro atoms. The summed E-state index contributed by atoms with van der Waals surface area (Å²) < 4.78 is 10.3. The van der Waals surface area contributed by atoms with Crippen molar-refractivity contribution in [3.63, 3.8) is 0 Å². The minimum Gasteiger partial charge on any atom is -0.462 e. The van der Waals surface area contributed by atoms with E-state index in [1.54, 1.807) is 13.8 Å². The first-order valence-corrected chi connectivity index (χ1v) is 8.89. The van der Waals surface area contributed by atoms with E-state index >= 15 is 0 Å². The third-order valence-corrected chi connectivity index (χ3v) is 3.84. The monoisotopic (exact) mass is 338 g/mol. The molecule has 0 N–H and O–H groups in total. The molecule has 4 nitrogen and oxygen atoms in total. The molecule has 0 aromatic rings. The fourth-order valence-electron chi connectivity index (χ4n) is 2.19. The average Bonchev–Trinajstić information content (AvgIpc) is 2.52. The topological polar surface area (TPSA) is 52.6 Å². The third kappa shape index (κ3) is 11.9. The Balaban J connectivity index is 3.55. The number of esters is 2. The Bertz CT molecular complexity index is 385. The second-order valence-corrected chi connectivity index (χ2v) is 6.96. The minimum absolute atomic E-state index is 0.303. The molecule has 0 rings (SSSR count). The van der Waals surface area contributed by atoms with Gasteiger partial charge in [-0.2, -0.15) is 0 Å². The zero-order chi connectivity index (χ0) is 18.5. The van der Waals surface area contributed by atoms with Gasteiger partial charge in [-0.1, -0.05) is 52.7 Å². The molecule has 2 atom stereocenters. The van der Waals surface area contributed by atoms with E-state index in [9.17, 15) is 9.59 Å². The van der Waals surface area contributed by atoms with Crippen LogP contribution in [0, 0.1) is 11.8 Å². The predicted molar refractivity (Wildman–Crippen MR) is 97.6 cm³/mol. The average molecular weight is 338 g/mol. The highest BCUT2D eigenvalue weighted by Crippen LogP contribution is 2.15. The van der Waals surface area contributed by atoms with Gasteiger partial charge in [0.2, 0.25) is 0 Å². The van der Waals surface area contributed by atoms with Gasteiger partial charge in [0.15, 0.2) is 0 Å². The van der Waals surface area contributed by atoms with Crippen LogP contribution in [0.3, 0.4) is 0 Å². The van der Waals surface area contributed by atoms with E-state index in [4.69, 9.17) is 9.47 Å². The second-order valence-electron chi connectivity index (χ2n) is 6.96. The van der Waals surface area contributed by atoms with Crippen molar-refractivity contribution in [3.05, 3.63) is 24.3 Å². The molecular formula is C20H34O4. The van der Waals surface area contributed by atoms with Gasteiger partial charge in [0.1, 0.15) is 0 Å². The lowest BCUT2D eigenvalue weighted by Crippen LogP contribution is -2.12. The number of rotatable bonds is 13. The second kappa shape index (κ2) is 12.8. The molecule has 0 radical (unpaired) electrons. The van der Waals surface area contributed by atoms with Crippen LogP contribution in [0.2, 0.25) is 0 Å². The van der Waals surface area contributed by atoms with Gasteiger partial charge < -0.3 is 9.47 Å². The van der Waals surface area contributed by atoms with E-state index in [1.807, 2.05) is 0 Å². The summed E-state index contributed by atoms with van der Waals surface area (Å²) in [6.45, 7) is 15.6. The van der Waals surface area contributed by atoms with Crippen molar-refractivity contribution in [2.75, 3.05) is 13.2 Å². The van der Waals surface area contributed by atoms with Crippen LogP contribution < -0.4 is 0 Å². The van der Waals surface area contributed by atoms with Crippen LogP contribution in [-0.2, 0) is 19.1 Å². The fraction of sp³-hybridized carbons (Fsp3) is 0.700. The van der Waals surface area contributed by atoms with Crippen molar-refractivity contribution in [1.82, 2.24) is 0 Å². The fourth-order valence-corrected chi connectivity index (χ4v) is 2.19. The zero-order valence-electron chi connectivity index (χ0n) is 15.9. The summed E-state index contributed by atoms with van der Waals surface area (Å²) in [6, 6.07) is 0. The molecule has 0 aromatic heterocycles. The van der Waals surface area contributed by atoms with Crippen molar-refractivity contribution in [3.8, 4) is 0 Å². The first-order valence-electron chi connectivity index (χ1n) is 8.89. The van der Waals surface area contributed by atoms with Crippen molar-refractivity contribution in [1.29, 1.82) is 0 Å². The van der Waals surface area contributed by atoms with Crippen molar-refractivity contribution < 1.29 is 19.1 Å². The van der Waals surface area contributed by atoms with E-state index in [-0.39, 0.29) is 11.9 Å². The number of hydrogen-bond donors (Lipinski definition) is 0. The molecule has 0 aliphatic heterocycles. The van der Waals surface area contributed by atoms with Gasteiger partial charge >= 0.3 is 11.9 Å². The largest absolute Gasteiger partial charge is 0.462 e. The standard InChI is InChI=1S/C20H34O4/c1-15(2)19(21)23-13-17(5)11-9-7-8-10-12-18(6)14-24-20(22)16(3)4/h17-18H,1,3,7-14H2,2,4-6H3. The summed E-state index contributed by atoms with van der Waals surface area (Å²) in [7, 11) is 0. The van der Waals surface area contributed by atoms with Gasteiger partial charge in [-0.25, -0.2) is 9.59 Å². The first kappa shape index (κ1) is 22.4. The highest BCUT2D eigenvalue weighted by molar-refractivity contribution is 5.87. The maximum absolute atomic E-state index is 11.3. The van der Waals surface area contributed by atoms with E-state index in [0.717, 1.165) is 25.7 Å². The van der Waals surface area contributed by atoms with Crippen molar-refractivity contribution in [2.24, 2.45) is 11.8 Å². The normalized spacial score (nSPS) is 13.0. The summed E-state index contributed by atoms with van der Waals surface area (Å²) in [4.78, 5) is 22.6. The molecule has 0 saturated carbocycles. The third-order valence-electron chi connectivity index (χ3n) is 3.84. The van der Waals surface area contributed by atoms with Gasteiger partial charge in [0.25, 0.3) is 0 Å². The van der Waals surface area contributed by atoms with Crippen molar-refractivity contribution in [2.45, 2.75) is 66.2 Å². The van der Waals surface area contributed by atoms with Gasteiger partial charge in [0.05, 0.1) is 13.2 Å². The lowest BCUT2D eigenvalue weighted by molar-refractivity contribution is -0.141. The molecule has 0 aromatic carbocycles. The Labute approximate surface area is 147 Å². The molecule has 0 amide bonds. The Hall–Kier alpha value is -1.58. The number of hydrogen-bond acceptors (Lipinski definition) is 4. The Kier molecular flexibility index (Phi) is 12.0. The number of ether oxygens (including phenoxy) is 2. The number of carbonyl (C=O) groups is 2. The first-order chi connectivity index (χ1) is 11.2. The van der Waals surface area contributed by atoms with Crippen LogP contribution in [0.5, 0.6) is 0 Å². The van der Waals surface area contributed by atoms with Crippen LogP contribution in [-0.4, -0.2) is 25.2 Å². The van der Waals surface area contributed by atoms with Gasteiger partial charge in [-0.15, -0.1) is 0 Å². The molecule has 0 bridgehead atoms. The summed E-state index contributed by atoms with van der Waals surface area (Å²) in [5.41, 5.74) is 0.899. The van der Waals surface area contributed by atoms with E-state index in [2.05, 4.69) is 27.0 Å². The summed E-state index contributed by atoms with van der Waals surface area (Å²) in [5.74, 6) is 0.161. The van der Waals surface area contributed by atoms with E-state index in [0.29, 0.717) is 36.2 Å². The molecule has 0 aliphatic rings. The molecule has 0 saturated heterocycles. The summed E-state index contributed by atoms with van der Waals surface area (Å²) in [6.07, 6.45) is 6.77. The maximum atomic E-state index is 11.3. The van der Waals surface area contributed by atoms with Gasteiger partial charge in [0, 0.05) is 11.1 Å². The Morgan fingerprint density at radius 1 is 0.750 bits per heavy atom. The van der Waals surface area contributed by atoms with Gasteiger partial charge in [-0.3, -0.25) is 0 Å². The molecular weight excluding hydrogens is 304 g/mol. The van der Waals surface area contributed by atoms with Gasteiger partial charge in [-0.05, 0) is 38.5 Å². The van der Waals surface area contributed by atoms with Crippen LogP contribution >= 0.6 is 0 Å². The number of unbranched alkanes of at least 4 members (excludes halogenated alkanes) is 3. The Morgan fingerprint density at radius 3 is 1.38 bits per heavy atom. The number of carbonyl (C=O) groups excluding carboxylic acids is 2. The molecule has 0 fully saturated rings. The molecule has 0 aliphatic carbocycles. The van der Waals surface area contributed by atoms with Crippen LogP contribution in [0.25, 0.3) is 0 Å². The molecule has 138 valence electrons. The molecule has 4 heteroatoms. The molecule has 0 heterocycles. The summed E-state index contributed by atoms with van der Waals surface area (Å²) >= 11 is 0. The molecule has 24 heavy (non-hydrogen) atoms. The highest BCUT2D eigenvalue weighted by atomic mass is 16.5. The smallest absolute Gasteiger partial charge is 0.333 e. The van der Waals surface area contributed by atoms with E-state index in [1.165, 1.54) is 12.8 Å². The van der Waals surface area contributed by atoms with Crippen LogP contribution in [0.15, 0.2) is 24.3 Å². The zero-order valence-corrected chi connectivity index (χ0v) is 15.9. The minimum atomic E-state index is -0.303. The lowest BCUT2D eigenvalue weighted by atomic mass is 10.00.